The van der Waals surface area contributed by atoms with E-state index in [4.69, 9.17) is 9.47 Å². The van der Waals surface area contributed by atoms with Crippen molar-refractivity contribution in [2.45, 2.75) is 31.7 Å². The van der Waals surface area contributed by atoms with Crippen LogP contribution >= 0.6 is 15.9 Å². The maximum Gasteiger partial charge on any atom is 0.123 e. The minimum absolute atomic E-state index is 0.292. The van der Waals surface area contributed by atoms with Gasteiger partial charge in [-0.25, -0.2) is 0 Å². The lowest BCUT2D eigenvalue weighted by molar-refractivity contribution is 0.254. The van der Waals surface area contributed by atoms with E-state index in [2.05, 4.69) is 35.0 Å². The van der Waals surface area contributed by atoms with Crippen LogP contribution in [0.5, 0.6) is 11.5 Å². The van der Waals surface area contributed by atoms with E-state index in [1.54, 1.807) is 0 Å². The van der Waals surface area contributed by atoms with Crippen LogP contribution in [-0.4, -0.2) is 12.7 Å². The van der Waals surface area contributed by atoms with Crippen molar-refractivity contribution in [3.8, 4) is 11.5 Å². The van der Waals surface area contributed by atoms with Crippen LogP contribution in [0.4, 0.5) is 0 Å². The Morgan fingerprint density at radius 3 is 3.00 bits per heavy atom. The summed E-state index contributed by atoms with van der Waals surface area (Å²) >= 11 is 3.47. The van der Waals surface area contributed by atoms with E-state index in [1.165, 1.54) is 5.56 Å². The zero-order valence-electron chi connectivity index (χ0n) is 9.05. The van der Waals surface area contributed by atoms with E-state index >= 15 is 0 Å². The van der Waals surface area contributed by atoms with E-state index in [-0.39, 0.29) is 0 Å². The minimum Gasteiger partial charge on any atom is -0.494 e. The van der Waals surface area contributed by atoms with Gasteiger partial charge in [-0.3, -0.25) is 0 Å². The molecule has 0 aliphatic carbocycles. The number of fused-ring (bicyclic) bond motifs is 1. The molecule has 0 bridgehead atoms. The van der Waals surface area contributed by atoms with Crippen LogP contribution in [0, 0.1) is 0 Å². The standard InChI is InChI=1S/C12H15BrO2/c1-3-14-11-5-9-4-8(2)15-12(9)6-10(11)7-13/h5-6,8H,3-4,7H2,1-2H3/t8-/m1/s1. The van der Waals surface area contributed by atoms with Gasteiger partial charge in [-0.2, -0.15) is 0 Å². The van der Waals surface area contributed by atoms with Gasteiger partial charge >= 0.3 is 0 Å². The van der Waals surface area contributed by atoms with Crippen molar-refractivity contribution >= 4 is 15.9 Å². The average Bonchev–Trinajstić information content (AvgIpc) is 2.56. The van der Waals surface area contributed by atoms with Gasteiger partial charge in [-0.15, -0.1) is 0 Å². The van der Waals surface area contributed by atoms with E-state index in [9.17, 15) is 0 Å². The molecule has 82 valence electrons. The van der Waals surface area contributed by atoms with Crippen molar-refractivity contribution in [2.24, 2.45) is 0 Å². The highest BCUT2D eigenvalue weighted by Gasteiger charge is 2.21. The predicted molar refractivity (Wildman–Crippen MR) is 64.0 cm³/mol. The number of rotatable bonds is 3. The Balaban J connectivity index is 2.36. The Morgan fingerprint density at radius 1 is 1.53 bits per heavy atom. The normalized spacial score (nSPS) is 18.5. The smallest absolute Gasteiger partial charge is 0.123 e. The molecule has 0 saturated carbocycles. The number of halogens is 1. The second-order valence-corrected chi connectivity index (χ2v) is 4.33. The molecule has 0 amide bonds. The van der Waals surface area contributed by atoms with Gasteiger partial charge in [-0.1, -0.05) is 15.9 Å². The summed E-state index contributed by atoms with van der Waals surface area (Å²) in [5.41, 5.74) is 2.42. The zero-order chi connectivity index (χ0) is 10.8. The highest BCUT2D eigenvalue weighted by atomic mass is 79.9. The maximum absolute atomic E-state index is 5.71. The van der Waals surface area contributed by atoms with Crippen molar-refractivity contribution in [2.75, 3.05) is 6.61 Å². The molecule has 3 heteroatoms. The number of hydrogen-bond acceptors (Lipinski definition) is 2. The minimum atomic E-state index is 0.292. The van der Waals surface area contributed by atoms with Crippen LogP contribution in [0.15, 0.2) is 12.1 Å². The maximum atomic E-state index is 5.71. The van der Waals surface area contributed by atoms with Crippen molar-refractivity contribution < 1.29 is 9.47 Å². The summed E-state index contributed by atoms with van der Waals surface area (Å²) in [6.07, 6.45) is 1.28. The molecule has 1 atom stereocenters. The number of benzene rings is 1. The SMILES string of the molecule is CCOc1cc2c(cc1CBr)O[C@H](C)C2. The van der Waals surface area contributed by atoms with Crippen molar-refractivity contribution in [3.63, 3.8) is 0 Å². The van der Waals surface area contributed by atoms with Crippen LogP contribution in [-0.2, 0) is 11.8 Å². The molecule has 0 unspecified atom stereocenters. The molecule has 0 saturated heterocycles. The summed E-state index contributed by atoms with van der Waals surface area (Å²) in [7, 11) is 0. The Morgan fingerprint density at radius 2 is 2.33 bits per heavy atom. The molecule has 1 aromatic rings. The molecule has 0 fully saturated rings. The molecule has 0 spiro atoms. The number of ether oxygens (including phenoxy) is 2. The fraction of sp³-hybridized carbons (Fsp3) is 0.500. The first-order chi connectivity index (χ1) is 7.24. The summed E-state index contributed by atoms with van der Waals surface area (Å²) < 4.78 is 11.3. The topological polar surface area (TPSA) is 18.5 Å². The van der Waals surface area contributed by atoms with Crippen molar-refractivity contribution in [1.29, 1.82) is 0 Å². The lowest BCUT2D eigenvalue weighted by Gasteiger charge is -2.10. The highest BCUT2D eigenvalue weighted by molar-refractivity contribution is 9.08. The second-order valence-electron chi connectivity index (χ2n) is 3.77. The first kappa shape index (κ1) is 10.8. The Kier molecular flexibility index (Phi) is 3.19. The molecule has 2 rings (SSSR count). The number of alkyl halides is 1. The number of hydrogen-bond donors (Lipinski definition) is 0. The Bertz CT molecular complexity index is 363. The Hall–Kier alpha value is -0.700. The van der Waals surface area contributed by atoms with E-state index in [0.717, 1.165) is 28.8 Å². The van der Waals surface area contributed by atoms with Crippen LogP contribution < -0.4 is 9.47 Å². The van der Waals surface area contributed by atoms with Crippen LogP contribution in [0.3, 0.4) is 0 Å². The van der Waals surface area contributed by atoms with Gasteiger partial charge in [0.1, 0.15) is 17.6 Å². The van der Waals surface area contributed by atoms with Gasteiger partial charge in [0.05, 0.1) is 6.61 Å². The van der Waals surface area contributed by atoms with Gasteiger partial charge in [0.25, 0.3) is 0 Å². The lowest BCUT2D eigenvalue weighted by atomic mass is 10.1. The fourth-order valence-electron chi connectivity index (χ4n) is 1.88. The molecular weight excluding hydrogens is 256 g/mol. The highest BCUT2D eigenvalue weighted by Crippen LogP contribution is 2.35. The molecular formula is C12H15BrO2. The predicted octanol–water partition coefficient (Wildman–Crippen LogP) is 3.30. The fourth-order valence-corrected chi connectivity index (χ4v) is 2.31. The molecule has 1 aliphatic heterocycles. The molecule has 1 aromatic carbocycles. The third-order valence-electron chi connectivity index (χ3n) is 2.52. The summed E-state index contributed by atoms with van der Waals surface area (Å²) in [5, 5.41) is 0.799. The average molecular weight is 271 g/mol. The largest absolute Gasteiger partial charge is 0.494 e. The van der Waals surface area contributed by atoms with Crippen LogP contribution in [0.2, 0.25) is 0 Å². The summed E-state index contributed by atoms with van der Waals surface area (Å²) in [6, 6.07) is 4.19. The quantitative estimate of drug-likeness (QED) is 0.785. The summed E-state index contributed by atoms with van der Waals surface area (Å²) in [4.78, 5) is 0. The van der Waals surface area contributed by atoms with Gasteiger partial charge in [0.15, 0.2) is 0 Å². The molecule has 1 heterocycles. The van der Waals surface area contributed by atoms with Gasteiger partial charge < -0.3 is 9.47 Å². The monoisotopic (exact) mass is 270 g/mol. The molecule has 15 heavy (non-hydrogen) atoms. The van der Waals surface area contributed by atoms with E-state index < -0.39 is 0 Å². The molecule has 0 N–H and O–H groups in total. The third kappa shape index (κ3) is 2.12. The van der Waals surface area contributed by atoms with Crippen molar-refractivity contribution in [1.82, 2.24) is 0 Å². The van der Waals surface area contributed by atoms with Crippen LogP contribution in [0.25, 0.3) is 0 Å². The van der Waals surface area contributed by atoms with Gasteiger partial charge in [0.2, 0.25) is 0 Å². The zero-order valence-corrected chi connectivity index (χ0v) is 10.6. The van der Waals surface area contributed by atoms with Gasteiger partial charge in [0, 0.05) is 22.9 Å². The first-order valence-corrected chi connectivity index (χ1v) is 6.38. The van der Waals surface area contributed by atoms with Gasteiger partial charge in [-0.05, 0) is 26.0 Å². The second kappa shape index (κ2) is 4.44. The molecule has 0 aromatic heterocycles. The van der Waals surface area contributed by atoms with E-state index in [1.807, 2.05) is 6.92 Å². The van der Waals surface area contributed by atoms with E-state index in [0.29, 0.717) is 12.7 Å². The molecule has 0 radical (unpaired) electrons. The first-order valence-electron chi connectivity index (χ1n) is 5.25. The van der Waals surface area contributed by atoms with Crippen molar-refractivity contribution in [3.05, 3.63) is 23.3 Å². The molecule has 1 aliphatic rings. The lowest BCUT2D eigenvalue weighted by Crippen LogP contribution is -2.05. The summed E-state index contributed by atoms with van der Waals surface area (Å²) in [6.45, 7) is 4.80. The summed E-state index contributed by atoms with van der Waals surface area (Å²) in [5.74, 6) is 1.99. The van der Waals surface area contributed by atoms with Crippen LogP contribution in [0.1, 0.15) is 25.0 Å². The molecule has 2 nitrogen and oxygen atoms in total. The third-order valence-corrected chi connectivity index (χ3v) is 3.13. The Labute approximate surface area is 98.7 Å².